The van der Waals surface area contributed by atoms with Gasteiger partial charge in [0.15, 0.2) is 0 Å². The van der Waals surface area contributed by atoms with Crippen molar-refractivity contribution in [3.8, 4) is 0 Å². The molecule has 17 heavy (non-hydrogen) atoms. The average Bonchev–Trinajstić information content (AvgIpc) is 2.27. The molecule has 1 aromatic rings. The molecular weight excluding hydrogens is 208 g/mol. The molecule has 1 unspecified atom stereocenters. The molecule has 0 bridgehead atoms. The molecular formula is C15H24N2. The number of likely N-dealkylation sites (N-methyl/N-ethyl adjacent to an activating group) is 1. The third-order valence-corrected chi connectivity index (χ3v) is 4.22. The van der Waals surface area contributed by atoms with E-state index in [2.05, 4.69) is 49.2 Å². The standard InChI is InChI=1S/C15H24N2/c1-15(11-16,13-7-4-3-5-8-13)12-17(2)14-9-6-10-14/h3-5,7-8,14H,6,9-12,16H2,1-2H3. The van der Waals surface area contributed by atoms with E-state index in [0.717, 1.165) is 12.6 Å². The molecule has 0 aliphatic heterocycles. The van der Waals surface area contributed by atoms with Crippen LogP contribution in [0.25, 0.3) is 0 Å². The average molecular weight is 232 g/mol. The lowest BCUT2D eigenvalue weighted by atomic mass is 9.80. The Morgan fingerprint density at radius 3 is 2.41 bits per heavy atom. The Morgan fingerprint density at radius 2 is 1.94 bits per heavy atom. The first-order valence-corrected chi connectivity index (χ1v) is 6.61. The van der Waals surface area contributed by atoms with Crippen LogP contribution in [-0.2, 0) is 5.41 Å². The van der Waals surface area contributed by atoms with Crippen LogP contribution >= 0.6 is 0 Å². The second kappa shape index (κ2) is 5.19. The van der Waals surface area contributed by atoms with Crippen LogP contribution in [0.1, 0.15) is 31.7 Å². The Kier molecular flexibility index (Phi) is 3.85. The summed E-state index contributed by atoms with van der Waals surface area (Å²) in [5, 5.41) is 0. The summed E-state index contributed by atoms with van der Waals surface area (Å²) >= 11 is 0. The van der Waals surface area contributed by atoms with Crippen molar-refractivity contribution < 1.29 is 0 Å². The van der Waals surface area contributed by atoms with Crippen molar-refractivity contribution in [3.63, 3.8) is 0 Å². The van der Waals surface area contributed by atoms with Crippen LogP contribution in [-0.4, -0.2) is 31.1 Å². The van der Waals surface area contributed by atoms with Gasteiger partial charge in [-0.1, -0.05) is 43.7 Å². The fraction of sp³-hybridized carbons (Fsp3) is 0.600. The molecule has 2 rings (SSSR count). The summed E-state index contributed by atoms with van der Waals surface area (Å²) in [7, 11) is 2.24. The van der Waals surface area contributed by atoms with Crippen molar-refractivity contribution in [1.82, 2.24) is 4.90 Å². The van der Waals surface area contributed by atoms with Gasteiger partial charge in [0.05, 0.1) is 0 Å². The molecule has 2 N–H and O–H groups in total. The molecule has 94 valence electrons. The molecule has 1 fully saturated rings. The van der Waals surface area contributed by atoms with Gasteiger partial charge in [-0.3, -0.25) is 0 Å². The summed E-state index contributed by atoms with van der Waals surface area (Å²) in [5.41, 5.74) is 7.45. The van der Waals surface area contributed by atoms with Crippen LogP contribution in [0, 0.1) is 0 Å². The number of nitrogens with two attached hydrogens (primary N) is 1. The normalized spacial score (nSPS) is 20.0. The predicted octanol–water partition coefficient (Wildman–Crippen LogP) is 2.39. The summed E-state index contributed by atoms with van der Waals surface area (Å²) in [5.74, 6) is 0. The highest BCUT2D eigenvalue weighted by Crippen LogP contribution is 2.29. The summed E-state index contributed by atoms with van der Waals surface area (Å²) in [6, 6.07) is 11.4. The second-order valence-corrected chi connectivity index (χ2v) is 5.63. The van der Waals surface area contributed by atoms with Gasteiger partial charge in [0.2, 0.25) is 0 Å². The highest BCUT2D eigenvalue weighted by atomic mass is 15.1. The van der Waals surface area contributed by atoms with Gasteiger partial charge in [-0.2, -0.15) is 0 Å². The fourth-order valence-electron chi connectivity index (χ4n) is 2.62. The van der Waals surface area contributed by atoms with E-state index in [4.69, 9.17) is 5.73 Å². The molecule has 0 heterocycles. The smallest absolute Gasteiger partial charge is 0.0174 e. The zero-order valence-corrected chi connectivity index (χ0v) is 11.0. The number of nitrogens with zero attached hydrogens (tertiary/aromatic N) is 1. The highest BCUT2D eigenvalue weighted by molar-refractivity contribution is 5.25. The van der Waals surface area contributed by atoms with Gasteiger partial charge in [-0.15, -0.1) is 0 Å². The minimum absolute atomic E-state index is 0.0750. The summed E-state index contributed by atoms with van der Waals surface area (Å²) < 4.78 is 0. The van der Waals surface area contributed by atoms with E-state index < -0.39 is 0 Å². The number of hydrogen-bond donors (Lipinski definition) is 1. The fourth-order valence-corrected chi connectivity index (χ4v) is 2.62. The third-order valence-electron chi connectivity index (χ3n) is 4.22. The van der Waals surface area contributed by atoms with Crippen LogP contribution < -0.4 is 5.73 Å². The largest absolute Gasteiger partial charge is 0.330 e. The lowest BCUT2D eigenvalue weighted by Gasteiger charge is -2.40. The predicted molar refractivity (Wildman–Crippen MR) is 73.1 cm³/mol. The van der Waals surface area contributed by atoms with Crippen molar-refractivity contribution in [1.29, 1.82) is 0 Å². The Labute approximate surface area is 105 Å². The monoisotopic (exact) mass is 232 g/mol. The van der Waals surface area contributed by atoms with Crippen LogP contribution in [0.5, 0.6) is 0 Å². The van der Waals surface area contributed by atoms with Gasteiger partial charge in [-0.05, 0) is 25.5 Å². The van der Waals surface area contributed by atoms with Crippen molar-refractivity contribution in [2.24, 2.45) is 5.73 Å². The molecule has 1 aliphatic carbocycles. The van der Waals surface area contributed by atoms with E-state index in [9.17, 15) is 0 Å². The first kappa shape index (κ1) is 12.6. The minimum atomic E-state index is 0.0750. The van der Waals surface area contributed by atoms with Gasteiger partial charge in [-0.25, -0.2) is 0 Å². The zero-order chi connectivity index (χ0) is 12.3. The maximum atomic E-state index is 6.02. The quantitative estimate of drug-likeness (QED) is 0.844. The molecule has 1 aromatic carbocycles. The minimum Gasteiger partial charge on any atom is -0.330 e. The number of rotatable bonds is 5. The topological polar surface area (TPSA) is 29.3 Å². The first-order chi connectivity index (χ1) is 8.15. The van der Waals surface area contributed by atoms with Gasteiger partial charge in [0.1, 0.15) is 0 Å². The maximum absolute atomic E-state index is 6.02. The van der Waals surface area contributed by atoms with E-state index in [-0.39, 0.29) is 5.41 Å². The highest BCUT2D eigenvalue weighted by Gasteiger charge is 2.30. The second-order valence-electron chi connectivity index (χ2n) is 5.63. The zero-order valence-electron chi connectivity index (χ0n) is 11.0. The molecule has 0 amide bonds. The lowest BCUT2D eigenvalue weighted by Crippen LogP contribution is -2.48. The molecule has 0 aromatic heterocycles. The molecule has 0 radical (unpaired) electrons. The van der Waals surface area contributed by atoms with Gasteiger partial charge >= 0.3 is 0 Å². The SMILES string of the molecule is CN(CC(C)(CN)c1ccccc1)C1CCC1. The van der Waals surface area contributed by atoms with E-state index in [1.54, 1.807) is 0 Å². The van der Waals surface area contributed by atoms with E-state index in [1.165, 1.54) is 24.8 Å². The van der Waals surface area contributed by atoms with Crippen molar-refractivity contribution in [3.05, 3.63) is 35.9 Å². The van der Waals surface area contributed by atoms with E-state index >= 15 is 0 Å². The first-order valence-electron chi connectivity index (χ1n) is 6.61. The maximum Gasteiger partial charge on any atom is 0.0174 e. The van der Waals surface area contributed by atoms with Crippen molar-refractivity contribution in [2.45, 2.75) is 37.6 Å². The Balaban J connectivity index is 2.08. The third kappa shape index (κ3) is 2.70. The number of benzene rings is 1. The summed E-state index contributed by atoms with van der Waals surface area (Å²) in [4.78, 5) is 2.49. The summed E-state index contributed by atoms with van der Waals surface area (Å²) in [6.07, 6.45) is 4.09. The summed E-state index contributed by atoms with van der Waals surface area (Å²) in [6.45, 7) is 4.03. The molecule has 1 saturated carbocycles. The van der Waals surface area contributed by atoms with Crippen molar-refractivity contribution in [2.75, 3.05) is 20.1 Å². The van der Waals surface area contributed by atoms with Crippen LogP contribution in [0.15, 0.2) is 30.3 Å². The Bertz CT molecular complexity index is 345. The molecule has 1 atom stereocenters. The molecule has 1 aliphatic rings. The Morgan fingerprint density at radius 1 is 1.29 bits per heavy atom. The van der Waals surface area contributed by atoms with E-state index in [1.807, 2.05) is 0 Å². The van der Waals surface area contributed by atoms with E-state index in [0.29, 0.717) is 6.54 Å². The molecule has 2 nitrogen and oxygen atoms in total. The Hall–Kier alpha value is -0.860. The molecule has 0 saturated heterocycles. The van der Waals surface area contributed by atoms with Crippen molar-refractivity contribution >= 4 is 0 Å². The van der Waals surface area contributed by atoms with Crippen LogP contribution in [0.2, 0.25) is 0 Å². The van der Waals surface area contributed by atoms with Gasteiger partial charge < -0.3 is 10.6 Å². The van der Waals surface area contributed by atoms with Crippen LogP contribution in [0.3, 0.4) is 0 Å². The lowest BCUT2D eigenvalue weighted by molar-refractivity contribution is 0.131. The molecule has 0 spiro atoms. The van der Waals surface area contributed by atoms with Gasteiger partial charge in [0, 0.05) is 24.5 Å². The number of hydrogen-bond acceptors (Lipinski definition) is 2. The van der Waals surface area contributed by atoms with Crippen LogP contribution in [0.4, 0.5) is 0 Å². The molecule has 2 heteroatoms. The van der Waals surface area contributed by atoms with Gasteiger partial charge in [0.25, 0.3) is 0 Å².